The summed E-state index contributed by atoms with van der Waals surface area (Å²) in [7, 11) is 3.18. The van der Waals surface area contributed by atoms with E-state index in [0.717, 1.165) is 16.5 Å². The maximum atomic E-state index is 11.6. The van der Waals surface area contributed by atoms with E-state index in [1.165, 1.54) is 0 Å². The van der Waals surface area contributed by atoms with Gasteiger partial charge >= 0.3 is 0 Å². The second-order valence-corrected chi connectivity index (χ2v) is 4.62. The van der Waals surface area contributed by atoms with Gasteiger partial charge in [0.15, 0.2) is 11.5 Å². The zero-order valence-corrected chi connectivity index (χ0v) is 12.0. The van der Waals surface area contributed by atoms with E-state index in [1.807, 2.05) is 19.1 Å². The van der Waals surface area contributed by atoms with E-state index < -0.39 is 0 Å². The first-order valence-corrected chi connectivity index (χ1v) is 6.33. The Balaban J connectivity index is 2.96. The number of benzene rings is 1. The summed E-state index contributed by atoms with van der Waals surface area (Å²) in [5, 5.41) is 0. The maximum absolute atomic E-state index is 11.6. The minimum absolute atomic E-state index is 0.236. The summed E-state index contributed by atoms with van der Waals surface area (Å²) < 4.78 is 11.3. The lowest BCUT2D eigenvalue weighted by Gasteiger charge is -2.11. The predicted octanol–water partition coefficient (Wildman–Crippen LogP) is 3.38. The van der Waals surface area contributed by atoms with E-state index >= 15 is 0 Å². The van der Waals surface area contributed by atoms with Gasteiger partial charge in [-0.2, -0.15) is 0 Å². The molecule has 4 heteroatoms. The van der Waals surface area contributed by atoms with E-state index in [-0.39, 0.29) is 5.78 Å². The summed E-state index contributed by atoms with van der Waals surface area (Å²) in [6, 6.07) is 3.67. The number of hydrogen-bond acceptors (Lipinski definition) is 3. The highest BCUT2D eigenvalue weighted by molar-refractivity contribution is 9.10. The number of carbonyl (C=O) groups excluding carboxylic acids is 1. The number of ketones is 1. The largest absolute Gasteiger partial charge is 0.493 e. The Morgan fingerprint density at radius 1 is 1.24 bits per heavy atom. The smallest absolute Gasteiger partial charge is 0.161 e. The molecular weight excluding hydrogens is 284 g/mol. The van der Waals surface area contributed by atoms with Crippen molar-refractivity contribution in [2.45, 2.75) is 26.2 Å². The minimum Gasteiger partial charge on any atom is -0.493 e. The van der Waals surface area contributed by atoms with Crippen molar-refractivity contribution in [3.05, 3.63) is 22.2 Å². The average molecular weight is 301 g/mol. The molecule has 1 rings (SSSR count). The Morgan fingerprint density at radius 3 is 2.35 bits per heavy atom. The van der Waals surface area contributed by atoms with Crippen molar-refractivity contribution in [1.29, 1.82) is 0 Å². The van der Waals surface area contributed by atoms with Crippen LogP contribution in [0.5, 0.6) is 11.5 Å². The van der Waals surface area contributed by atoms with Crippen LogP contribution in [0.15, 0.2) is 16.6 Å². The molecule has 17 heavy (non-hydrogen) atoms. The van der Waals surface area contributed by atoms with Crippen LogP contribution in [0.2, 0.25) is 0 Å². The number of carbonyl (C=O) groups is 1. The van der Waals surface area contributed by atoms with Crippen LogP contribution in [-0.2, 0) is 11.2 Å². The number of methoxy groups -OCH3 is 2. The first kappa shape index (κ1) is 14.0. The molecule has 0 bridgehead atoms. The third kappa shape index (κ3) is 3.73. The molecule has 1 aromatic rings. The second kappa shape index (κ2) is 6.64. The summed E-state index contributed by atoms with van der Waals surface area (Å²) in [5.41, 5.74) is 0.932. The van der Waals surface area contributed by atoms with Gasteiger partial charge in [-0.05, 0) is 24.1 Å². The predicted molar refractivity (Wildman–Crippen MR) is 70.9 cm³/mol. The first-order chi connectivity index (χ1) is 8.12. The van der Waals surface area contributed by atoms with Crippen LogP contribution in [0.1, 0.15) is 25.3 Å². The quantitative estimate of drug-likeness (QED) is 0.808. The van der Waals surface area contributed by atoms with Gasteiger partial charge < -0.3 is 9.47 Å². The van der Waals surface area contributed by atoms with Crippen molar-refractivity contribution in [2.24, 2.45) is 0 Å². The topological polar surface area (TPSA) is 35.5 Å². The lowest BCUT2D eigenvalue weighted by atomic mass is 10.1. The molecule has 0 saturated carbocycles. The molecule has 0 saturated heterocycles. The van der Waals surface area contributed by atoms with Gasteiger partial charge in [-0.25, -0.2) is 0 Å². The van der Waals surface area contributed by atoms with Crippen LogP contribution in [-0.4, -0.2) is 20.0 Å². The molecular formula is C13H17BrO3. The zero-order chi connectivity index (χ0) is 12.8. The standard InChI is InChI=1S/C13H17BrO3/c1-4-5-10(15)6-9-7-12(16-2)13(17-3)8-11(9)14/h7-8H,4-6H2,1-3H3. The van der Waals surface area contributed by atoms with Gasteiger partial charge in [0.2, 0.25) is 0 Å². The molecule has 0 radical (unpaired) electrons. The van der Waals surface area contributed by atoms with Gasteiger partial charge in [0.25, 0.3) is 0 Å². The fourth-order valence-corrected chi connectivity index (χ4v) is 2.07. The minimum atomic E-state index is 0.236. The normalized spacial score (nSPS) is 10.1. The molecule has 94 valence electrons. The lowest BCUT2D eigenvalue weighted by Crippen LogP contribution is -2.03. The molecule has 0 fully saturated rings. The third-order valence-electron chi connectivity index (χ3n) is 2.47. The van der Waals surface area contributed by atoms with Crippen LogP contribution >= 0.6 is 15.9 Å². The van der Waals surface area contributed by atoms with E-state index in [1.54, 1.807) is 14.2 Å². The summed E-state index contributed by atoms with van der Waals surface area (Å²) in [4.78, 5) is 11.6. The van der Waals surface area contributed by atoms with E-state index in [2.05, 4.69) is 15.9 Å². The van der Waals surface area contributed by atoms with Gasteiger partial charge in [-0.15, -0.1) is 0 Å². The van der Waals surface area contributed by atoms with Crippen molar-refractivity contribution >= 4 is 21.7 Å². The number of Topliss-reactive ketones (excluding diaryl/α,β-unsaturated/α-hetero) is 1. The van der Waals surface area contributed by atoms with Crippen LogP contribution in [0, 0.1) is 0 Å². The Labute approximate surface area is 110 Å². The van der Waals surface area contributed by atoms with Crippen molar-refractivity contribution in [1.82, 2.24) is 0 Å². The summed E-state index contributed by atoms with van der Waals surface area (Å²) >= 11 is 3.44. The van der Waals surface area contributed by atoms with Crippen LogP contribution < -0.4 is 9.47 Å². The maximum Gasteiger partial charge on any atom is 0.161 e. The summed E-state index contributed by atoms with van der Waals surface area (Å²) in [6.45, 7) is 2.00. The Morgan fingerprint density at radius 2 is 1.82 bits per heavy atom. The second-order valence-electron chi connectivity index (χ2n) is 3.76. The molecule has 1 aromatic carbocycles. The van der Waals surface area contributed by atoms with Crippen LogP contribution in [0.4, 0.5) is 0 Å². The zero-order valence-electron chi connectivity index (χ0n) is 10.4. The number of rotatable bonds is 6. The SMILES string of the molecule is CCCC(=O)Cc1cc(OC)c(OC)cc1Br. The van der Waals surface area contributed by atoms with Gasteiger partial charge in [0, 0.05) is 17.3 Å². The summed E-state index contributed by atoms with van der Waals surface area (Å²) in [6.07, 6.45) is 1.92. The molecule has 0 spiro atoms. The number of ether oxygens (including phenoxy) is 2. The molecule has 0 atom stereocenters. The highest BCUT2D eigenvalue weighted by atomic mass is 79.9. The molecule has 3 nitrogen and oxygen atoms in total. The van der Waals surface area contributed by atoms with Crippen LogP contribution in [0.3, 0.4) is 0 Å². The van der Waals surface area contributed by atoms with Gasteiger partial charge in [0.05, 0.1) is 14.2 Å². The van der Waals surface area contributed by atoms with Gasteiger partial charge in [-0.3, -0.25) is 4.79 Å². The third-order valence-corrected chi connectivity index (χ3v) is 3.21. The van der Waals surface area contributed by atoms with E-state index in [0.29, 0.717) is 24.3 Å². The van der Waals surface area contributed by atoms with E-state index in [4.69, 9.17) is 9.47 Å². The number of halogens is 1. The Kier molecular flexibility index (Phi) is 5.48. The summed E-state index contributed by atoms with van der Waals surface area (Å²) in [5.74, 6) is 1.54. The van der Waals surface area contributed by atoms with Crippen molar-refractivity contribution in [3.8, 4) is 11.5 Å². The fourth-order valence-electron chi connectivity index (χ4n) is 1.61. The number of hydrogen-bond donors (Lipinski definition) is 0. The van der Waals surface area contributed by atoms with E-state index in [9.17, 15) is 4.79 Å². The molecule has 0 unspecified atom stereocenters. The van der Waals surface area contributed by atoms with Crippen molar-refractivity contribution in [3.63, 3.8) is 0 Å². The Bertz CT molecular complexity index is 402. The molecule has 0 aliphatic rings. The highest BCUT2D eigenvalue weighted by Gasteiger charge is 2.12. The fraction of sp³-hybridized carbons (Fsp3) is 0.462. The molecule has 0 aliphatic heterocycles. The Hall–Kier alpha value is -1.03. The van der Waals surface area contributed by atoms with Crippen molar-refractivity contribution < 1.29 is 14.3 Å². The van der Waals surface area contributed by atoms with Gasteiger partial charge in [-0.1, -0.05) is 22.9 Å². The van der Waals surface area contributed by atoms with Gasteiger partial charge in [0.1, 0.15) is 5.78 Å². The molecule has 0 aliphatic carbocycles. The molecule has 0 N–H and O–H groups in total. The molecule has 0 amide bonds. The first-order valence-electron chi connectivity index (χ1n) is 5.54. The lowest BCUT2D eigenvalue weighted by molar-refractivity contribution is -0.118. The molecule has 0 aromatic heterocycles. The van der Waals surface area contributed by atoms with Crippen molar-refractivity contribution in [2.75, 3.05) is 14.2 Å². The highest BCUT2D eigenvalue weighted by Crippen LogP contribution is 2.33. The average Bonchev–Trinajstić information content (AvgIpc) is 2.31. The monoisotopic (exact) mass is 300 g/mol. The molecule has 0 heterocycles. The van der Waals surface area contributed by atoms with Crippen LogP contribution in [0.25, 0.3) is 0 Å².